The number of aryl methyl sites for hydroxylation is 1. The maximum Gasteiger partial charge on any atom is 0.229 e. The Morgan fingerprint density at radius 2 is 2.21 bits per heavy atom. The van der Waals surface area contributed by atoms with Crippen molar-refractivity contribution in [3.63, 3.8) is 0 Å². The molecule has 148 valence electrons. The molecule has 0 aliphatic carbocycles. The van der Waals surface area contributed by atoms with E-state index in [0.29, 0.717) is 57.3 Å². The van der Waals surface area contributed by atoms with Gasteiger partial charge in [0.05, 0.1) is 25.2 Å². The first-order chi connectivity index (χ1) is 13.6. The van der Waals surface area contributed by atoms with Crippen molar-refractivity contribution in [3.05, 3.63) is 30.4 Å². The average Bonchev–Trinajstić information content (AvgIpc) is 3.07. The number of hydrogen-bond acceptors (Lipinski definition) is 7. The van der Waals surface area contributed by atoms with Crippen LogP contribution >= 0.6 is 0 Å². The molecule has 2 amide bonds. The second-order valence-electron chi connectivity index (χ2n) is 7.24. The van der Waals surface area contributed by atoms with Crippen molar-refractivity contribution >= 4 is 11.8 Å². The van der Waals surface area contributed by atoms with Crippen LogP contribution in [-0.4, -0.2) is 76.1 Å². The Kier molecular flexibility index (Phi) is 5.34. The predicted octanol–water partition coefficient (Wildman–Crippen LogP) is 0.770. The number of ether oxygens (including phenoxy) is 1. The molecule has 0 saturated carbocycles. The zero-order valence-electron chi connectivity index (χ0n) is 15.8. The minimum Gasteiger partial charge on any atom is -0.378 e. The lowest BCUT2D eigenvalue weighted by atomic mass is 10.1. The van der Waals surface area contributed by atoms with E-state index in [1.54, 1.807) is 29.2 Å². The summed E-state index contributed by atoms with van der Waals surface area (Å²) >= 11 is 0. The van der Waals surface area contributed by atoms with Gasteiger partial charge < -0.3 is 19.1 Å². The van der Waals surface area contributed by atoms with E-state index in [-0.39, 0.29) is 23.8 Å². The van der Waals surface area contributed by atoms with Crippen molar-refractivity contribution in [2.45, 2.75) is 25.3 Å². The fourth-order valence-corrected chi connectivity index (χ4v) is 3.62. The molecule has 2 aromatic heterocycles. The topological polar surface area (TPSA) is 102 Å². The third-order valence-electron chi connectivity index (χ3n) is 5.27. The number of carbonyl (C=O) groups excluding carboxylic acids is 2. The third-order valence-corrected chi connectivity index (χ3v) is 5.27. The first-order valence-corrected chi connectivity index (χ1v) is 9.47. The van der Waals surface area contributed by atoms with Crippen LogP contribution in [0.25, 0.3) is 11.4 Å². The van der Waals surface area contributed by atoms with Crippen molar-refractivity contribution in [1.82, 2.24) is 24.9 Å². The van der Waals surface area contributed by atoms with Gasteiger partial charge in [-0.1, -0.05) is 5.16 Å². The average molecular weight is 385 g/mol. The number of nitrogens with zero attached hydrogens (tertiary/aromatic N) is 5. The highest BCUT2D eigenvalue weighted by atomic mass is 16.5. The summed E-state index contributed by atoms with van der Waals surface area (Å²) in [6.07, 6.45) is 4.88. The first kappa shape index (κ1) is 18.5. The molecule has 2 aliphatic rings. The van der Waals surface area contributed by atoms with E-state index in [1.807, 2.05) is 12.1 Å². The lowest BCUT2D eigenvalue weighted by Gasteiger charge is -2.29. The summed E-state index contributed by atoms with van der Waals surface area (Å²) in [5, 5.41) is 3.96. The summed E-state index contributed by atoms with van der Waals surface area (Å²) in [6.45, 7) is 1.79. The van der Waals surface area contributed by atoms with E-state index in [4.69, 9.17) is 9.26 Å². The summed E-state index contributed by atoms with van der Waals surface area (Å²) in [5.41, 5.74) is 0.792. The number of fused-ring (bicyclic) bond motifs is 3. The van der Waals surface area contributed by atoms with Gasteiger partial charge in [-0.15, -0.1) is 0 Å². The number of likely N-dealkylation sites (N-methyl/N-ethyl adjacent to an activating group) is 1. The van der Waals surface area contributed by atoms with Crippen LogP contribution in [0.5, 0.6) is 0 Å². The molecular formula is C19H23N5O4. The van der Waals surface area contributed by atoms with E-state index in [2.05, 4.69) is 15.1 Å². The Morgan fingerprint density at radius 3 is 3.04 bits per heavy atom. The van der Waals surface area contributed by atoms with Crippen LogP contribution in [0.2, 0.25) is 0 Å². The van der Waals surface area contributed by atoms with Gasteiger partial charge in [-0.3, -0.25) is 14.6 Å². The number of aromatic nitrogens is 3. The molecule has 0 spiro atoms. The van der Waals surface area contributed by atoms with E-state index in [0.717, 1.165) is 5.56 Å². The largest absolute Gasteiger partial charge is 0.378 e. The summed E-state index contributed by atoms with van der Waals surface area (Å²) in [7, 11) is 1.79. The van der Waals surface area contributed by atoms with Gasteiger partial charge in [-0.25, -0.2) is 0 Å². The van der Waals surface area contributed by atoms with Crippen LogP contribution in [-0.2, 0) is 20.7 Å². The standard InChI is InChI=1S/C19H23N5O4/c1-23-15-10-24(9-14(19(23)26)11-27-12-15)17(25)6-2-5-16-21-18(22-28-16)13-4-3-7-20-8-13/h3-4,7-8,14-15H,2,5-6,9-12H2,1H3/t14-,15+/m1/s1. The Morgan fingerprint density at radius 1 is 1.32 bits per heavy atom. The molecule has 2 atom stereocenters. The van der Waals surface area contributed by atoms with Crippen LogP contribution in [0.3, 0.4) is 0 Å². The number of pyridine rings is 1. The van der Waals surface area contributed by atoms with Gasteiger partial charge in [0.2, 0.25) is 23.5 Å². The molecule has 0 N–H and O–H groups in total. The van der Waals surface area contributed by atoms with Gasteiger partial charge in [0.1, 0.15) is 0 Å². The van der Waals surface area contributed by atoms with Crippen molar-refractivity contribution in [2.75, 3.05) is 33.4 Å². The Labute approximate surface area is 162 Å². The van der Waals surface area contributed by atoms with E-state index < -0.39 is 0 Å². The highest BCUT2D eigenvalue weighted by molar-refractivity contribution is 5.82. The van der Waals surface area contributed by atoms with E-state index >= 15 is 0 Å². The maximum atomic E-state index is 12.7. The lowest BCUT2D eigenvalue weighted by Crippen LogP contribution is -2.45. The minimum atomic E-state index is -0.278. The van der Waals surface area contributed by atoms with Crippen molar-refractivity contribution in [1.29, 1.82) is 0 Å². The molecule has 9 heteroatoms. The second kappa shape index (κ2) is 8.05. The van der Waals surface area contributed by atoms with Crippen molar-refractivity contribution in [3.8, 4) is 11.4 Å². The van der Waals surface area contributed by atoms with Crippen LogP contribution < -0.4 is 0 Å². The molecule has 2 aromatic rings. The first-order valence-electron chi connectivity index (χ1n) is 9.47. The Bertz CT molecular complexity index is 840. The fraction of sp³-hybridized carbons (Fsp3) is 0.526. The number of rotatable bonds is 5. The Balaban J connectivity index is 1.31. The molecule has 2 fully saturated rings. The lowest BCUT2D eigenvalue weighted by molar-refractivity contribution is -0.134. The number of carbonyl (C=O) groups is 2. The number of hydrogen-bond donors (Lipinski definition) is 0. The molecule has 0 unspecified atom stereocenters. The smallest absolute Gasteiger partial charge is 0.229 e. The zero-order chi connectivity index (χ0) is 19.5. The normalized spacial score (nSPS) is 22.2. The fourth-order valence-electron chi connectivity index (χ4n) is 3.62. The maximum absolute atomic E-state index is 12.7. The summed E-state index contributed by atoms with van der Waals surface area (Å²) < 4.78 is 10.8. The molecule has 2 saturated heterocycles. The molecule has 2 bridgehead atoms. The van der Waals surface area contributed by atoms with Crippen LogP contribution in [0, 0.1) is 5.92 Å². The molecule has 9 nitrogen and oxygen atoms in total. The molecule has 2 aliphatic heterocycles. The van der Waals surface area contributed by atoms with Crippen molar-refractivity contribution < 1.29 is 18.8 Å². The summed E-state index contributed by atoms with van der Waals surface area (Å²) in [6, 6.07) is 3.60. The minimum absolute atomic E-state index is 0.0481. The molecule has 4 rings (SSSR count). The van der Waals surface area contributed by atoms with Gasteiger partial charge in [0, 0.05) is 50.9 Å². The van der Waals surface area contributed by atoms with Crippen LogP contribution in [0.15, 0.2) is 29.0 Å². The SMILES string of the molecule is CN1C(=O)[C@H]2COC[C@@H]1CN(C(=O)CCCc1nc(-c3cccnc3)no1)C2. The van der Waals surface area contributed by atoms with Gasteiger partial charge in [0.15, 0.2) is 0 Å². The highest BCUT2D eigenvalue weighted by Gasteiger charge is 2.38. The number of amides is 2. The second-order valence-corrected chi connectivity index (χ2v) is 7.24. The Hall–Kier alpha value is -2.81. The van der Waals surface area contributed by atoms with Gasteiger partial charge in [-0.05, 0) is 18.6 Å². The third kappa shape index (κ3) is 3.89. The van der Waals surface area contributed by atoms with Crippen LogP contribution in [0.4, 0.5) is 0 Å². The monoisotopic (exact) mass is 385 g/mol. The summed E-state index contributed by atoms with van der Waals surface area (Å²) in [4.78, 5) is 37.0. The molecule has 0 radical (unpaired) electrons. The van der Waals surface area contributed by atoms with Crippen LogP contribution in [0.1, 0.15) is 18.7 Å². The quantitative estimate of drug-likeness (QED) is 0.749. The molecular weight excluding hydrogens is 362 g/mol. The highest BCUT2D eigenvalue weighted by Crippen LogP contribution is 2.21. The molecule has 4 heterocycles. The molecule has 0 aromatic carbocycles. The van der Waals surface area contributed by atoms with E-state index in [1.165, 1.54) is 0 Å². The molecule has 28 heavy (non-hydrogen) atoms. The predicted molar refractivity (Wildman–Crippen MR) is 97.9 cm³/mol. The van der Waals surface area contributed by atoms with Gasteiger partial charge in [0.25, 0.3) is 0 Å². The van der Waals surface area contributed by atoms with Gasteiger partial charge in [-0.2, -0.15) is 4.98 Å². The van der Waals surface area contributed by atoms with E-state index in [9.17, 15) is 9.59 Å². The van der Waals surface area contributed by atoms with Crippen molar-refractivity contribution in [2.24, 2.45) is 5.92 Å². The summed E-state index contributed by atoms with van der Waals surface area (Å²) in [5.74, 6) is 0.831. The van der Waals surface area contributed by atoms with Gasteiger partial charge >= 0.3 is 0 Å². The zero-order valence-corrected chi connectivity index (χ0v) is 15.8.